The first-order chi connectivity index (χ1) is 4.97. The lowest BCUT2D eigenvalue weighted by Crippen LogP contribution is -2.11. The van der Waals surface area contributed by atoms with Crippen LogP contribution in [0.4, 0.5) is 0 Å². The van der Waals surface area contributed by atoms with Gasteiger partial charge in [0.1, 0.15) is 0 Å². The molecule has 1 aromatic rings. The molecule has 10 heavy (non-hydrogen) atoms. The molecule has 1 fully saturated rings. The lowest BCUT2D eigenvalue weighted by atomic mass is 10.1. The van der Waals surface area contributed by atoms with Gasteiger partial charge in [-0.2, -0.15) is 11.3 Å². The highest BCUT2D eigenvalue weighted by Gasteiger charge is 2.15. The molecule has 2 heterocycles. The van der Waals surface area contributed by atoms with E-state index in [1.165, 1.54) is 24.9 Å². The lowest BCUT2D eigenvalue weighted by Gasteiger charge is -2.05. The highest BCUT2D eigenvalue weighted by atomic mass is 32.1. The van der Waals surface area contributed by atoms with Crippen LogP contribution in [-0.2, 0) is 0 Å². The van der Waals surface area contributed by atoms with Crippen molar-refractivity contribution in [3.05, 3.63) is 22.4 Å². The summed E-state index contributed by atoms with van der Waals surface area (Å²) in [6, 6.07) is 2.87. The van der Waals surface area contributed by atoms with Crippen molar-refractivity contribution in [2.24, 2.45) is 0 Å². The number of nitrogens with one attached hydrogen (secondary N) is 1. The van der Waals surface area contributed by atoms with Crippen LogP contribution in [0.1, 0.15) is 24.4 Å². The van der Waals surface area contributed by atoms with Crippen LogP contribution in [0.3, 0.4) is 0 Å². The van der Waals surface area contributed by atoms with Crippen molar-refractivity contribution in [3.63, 3.8) is 0 Å². The molecule has 0 amide bonds. The number of hydrogen-bond acceptors (Lipinski definition) is 2. The predicted molar refractivity (Wildman–Crippen MR) is 44.3 cm³/mol. The minimum absolute atomic E-state index is 0.659. The first-order valence-corrected chi connectivity index (χ1v) is 4.66. The fourth-order valence-electron chi connectivity index (χ4n) is 1.44. The van der Waals surface area contributed by atoms with E-state index in [2.05, 4.69) is 22.1 Å². The average Bonchev–Trinajstić information content (AvgIpc) is 2.59. The molecular formula is C8H11NS. The molecule has 0 radical (unpaired) electrons. The summed E-state index contributed by atoms with van der Waals surface area (Å²) in [6.45, 7) is 1.19. The van der Waals surface area contributed by atoms with Crippen molar-refractivity contribution in [2.45, 2.75) is 18.9 Å². The van der Waals surface area contributed by atoms with Crippen molar-refractivity contribution in [1.82, 2.24) is 5.32 Å². The van der Waals surface area contributed by atoms with Gasteiger partial charge in [0.15, 0.2) is 0 Å². The van der Waals surface area contributed by atoms with Crippen molar-refractivity contribution in [2.75, 3.05) is 6.54 Å². The molecule has 1 aromatic heterocycles. The van der Waals surface area contributed by atoms with Crippen molar-refractivity contribution in [1.29, 1.82) is 0 Å². The van der Waals surface area contributed by atoms with E-state index in [9.17, 15) is 0 Å². The van der Waals surface area contributed by atoms with Crippen LogP contribution >= 0.6 is 11.3 Å². The molecule has 0 bridgehead atoms. The predicted octanol–water partition coefficient (Wildman–Crippen LogP) is 2.17. The molecular weight excluding hydrogens is 142 g/mol. The minimum Gasteiger partial charge on any atom is -0.310 e. The van der Waals surface area contributed by atoms with E-state index in [-0.39, 0.29) is 0 Å². The second-order valence-electron chi connectivity index (χ2n) is 2.71. The second kappa shape index (κ2) is 2.72. The zero-order valence-corrected chi connectivity index (χ0v) is 6.66. The van der Waals surface area contributed by atoms with Gasteiger partial charge in [0.2, 0.25) is 0 Å². The summed E-state index contributed by atoms with van der Waals surface area (Å²) < 4.78 is 0. The Morgan fingerprint density at radius 2 is 2.60 bits per heavy atom. The Hall–Kier alpha value is -0.340. The zero-order chi connectivity index (χ0) is 6.81. The lowest BCUT2D eigenvalue weighted by molar-refractivity contribution is 0.650. The SMILES string of the molecule is c1cc(C2CCCN2)cs1. The molecule has 1 aliphatic heterocycles. The molecule has 0 saturated carbocycles. The van der Waals surface area contributed by atoms with Crippen LogP contribution in [0, 0.1) is 0 Å². The minimum atomic E-state index is 0.659. The van der Waals surface area contributed by atoms with Gasteiger partial charge in [-0.05, 0) is 41.8 Å². The Morgan fingerprint density at radius 3 is 3.20 bits per heavy atom. The molecule has 0 aromatic carbocycles. The normalized spacial score (nSPS) is 25.4. The molecule has 54 valence electrons. The molecule has 0 aliphatic carbocycles. The summed E-state index contributed by atoms with van der Waals surface area (Å²) in [4.78, 5) is 0. The van der Waals surface area contributed by atoms with Crippen molar-refractivity contribution in [3.8, 4) is 0 Å². The maximum absolute atomic E-state index is 3.47. The summed E-state index contributed by atoms with van der Waals surface area (Å²) in [6.07, 6.45) is 2.65. The molecule has 1 aliphatic rings. The van der Waals surface area contributed by atoms with E-state index < -0.39 is 0 Å². The molecule has 1 saturated heterocycles. The number of hydrogen-bond donors (Lipinski definition) is 1. The standard InChI is InChI=1S/C8H11NS/c1-2-8(9-4-1)7-3-5-10-6-7/h3,5-6,8-9H,1-2,4H2. The van der Waals surface area contributed by atoms with E-state index in [0.29, 0.717) is 6.04 Å². The first-order valence-electron chi connectivity index (χ1n) is 3.72. The van der Waals surface area contributed by atoms with E-state index in [1.807, 2.05) is 0 Å². The molecule has 1 atom stereocenters. The van der Waals surface area contributed by atoms with Gasteiger partial charge in [-0.25, -0.2) is 0 Å². The third-order valence-electron chi connectivity index (χ3n) is 2.01. The Balaban J connectivity index is 2.12. The van der Waals surface area contributed by atoms with Gasteiger partial charge < -0.3 is 5.32 Å². The molecule has 1 N–H and O–H groups in total. The highest BCUT2D eigenvalue weighted by molar-refractivity contribution is 7.07. The number of rotatable bonds is 1. The molecule has 0 spiro atoms. The fourth-order valence-corrected chi connectivity index (χ4v) is 2.16. The van der Waals surface area contributed by atoms with Crippen LogP contribution in [-0.4, -0.2) is 6.54 Å². The van der Waals surface area contributed by atoms with Gasteiger partial charge in [-0.15, -0.1) is 0 Å². The fraction of sp³-hybridized carbons (Fsp3) is 0.500. The van der Waals surface area contributed by atoms with E-state index in [1.54, 1.807) is 11.3 Å². The van der Waals surface area contributed by atoms with Crippen LogP contribution in [0.2, 0.25) is 0 Å². The molecule has 2 heteroatoms. The zero-order valence-electron chi connectivity index (χ0n) is 5.84. The Morgan fingerprint density at radius 1 is 1.60 bits per heavy atom. The Kier molecular flexibility index (Phi) is 1.74. The topological polar surface area (TPSA) is 12.0 Å². The highest BCUT2D eigenvalue weighted by Crippen LogP contribution is 2.24. The number of thiophene rings is 1. The summed E-state index contributed by atoms with van der Waals surface area (Å²) in [5, 5.41) is 7.85. The van der Waals surface area contributed by atoms with Crippen LogP contribution in [0.25, 0.3) is 0 Å². The van der Waals surface area contributed by atoms with Gasteiger partial charge in [0.25, 0.3) is 0 Å². The second-order valence-corrected chi connectivity index (χ2v) is 3.49. The first kappa shape index (κ1) is 6.38. The van der Waals surface area contributed by atoms with Gasteiger partial charge in [-0.3, -0.25) is 0 Å². The van der Waals surface area contributed by atoms with Crippen molar-refractivity contribution >= 4 is 11.3 Å². The largest absolute Gasteiger partial charge is 0.310 e. The molecule has 2 rings (SSSR count). The van der Waals surface area contributed by atoms with Gasteiger partial charge in [0, 0.05) is 6.04 Å². The summed E-state index contributed by atoms with van der Waals surface area (Å²) in [5.41, 5.74) is 1.47. The molecule has 1 nitrogen and oxygen atoms in total. The summed E-state index contributed by atoms with van der Waals surface area (Å²) >= 11 is 1.79. The van der Waals surface area contributed by atoms with Crippen LogP contribution in [0.5, 0.6) is 0 Å². The maximum Gasteiger partial charge on any atom is 0.0328 e. The third kappa shape index (κ3) is 1.09. The third-order valence-corrected chi connectivity index (χ3v) is 2.71. The van der Waals surface area contributed by atoms with E-state index >= 15 is 0 Å². The summed E-state index contributed by atoms with van der Waals surface area (Å²) in [5.74, 6) is 0. The van der Waals surface area contributed by atoms with E-state index in [4.69, 9.17) is 0 Å². The Bertz CT molecular complexity index is 187. The van der Waals surface area contributed by atoms with E-state index in [0.717, 1.165) is 0 Å². The summed E-state index contributed by atoms with van der Waals surface area (Å²) in [7, 11) is 0. The smallest absolute Gasteiger partial charge is 0.0328 e. The van der Waals surface area contributed by atoms with Gasteiger partial charge in [-0.1, -0.05) is 0 Å². The average molecular weight is 153 g/mol. The van der Waals surface area contributed by atoms with Gasteiger partial charge in [0.05, 0.1) is 0 Å². The quantitative estimate of drug-likeness (QED) is 0.652. The van der Waals surface area contributed by atoms with Crippen LogP contribution in [0.15, 0.2) is 16.8 Å². The van der Waals surface area contributed by atoms with Crippen molar-refractivity contribution < 1.29 is 0 Å². The van der Waals surface area contributed by atoms with Crippen LogP contribution < -0.4 is 5.32 Å². The van der Waals surface area contributed by atoms with Gasteiger partial charge >= 0.3 is 0 Å². The Labute approximate surface area is 65.1 Å². The molecule has 1 unspecified atom stereocenters. The maximum atomic E-state index is 3.47. The monoisotopic (exact) mass is 153 g/mol.